The summed E-state index contributed by atoms with van der Waals surface area (Å²) >= 11 is 0. The van der Waals surface area contributed by atoms with Gasteiger partial charge in [-0.1, -0.05) is 85.0 Å². The minimum Gasteiger partial charge on any atom is -0.373 e. The zero-order valence-corrected chi connectivity index (χ0v) is 18.5. The highest BCUT2D eigenvalue weighted by molar-refractivity contribution is 5.63. The first-order valence-corrected chi connectivity index (χ1v) is 11.1. The Labute approximate surface area is 196 Å². The van der Waals surface area contributed by atoms with Crippen molar-refractivity contribution in [3.8, 4) is 0 Å². The molecule has 0 amide bonds. The summed E-state index contributed by atoms with van der Waals surface area (Å²) in [6.45, 7) is 1.16. The third-order valence-electron chi connectivity index (χ3n) is 5.00. The van der Waals surface area contributed by atoms with Crippen molar-refractivity contribution < 1.29 is 4.74 Å². The molecule has 0 radical (unpaired) electrons. The van der Waals surface area contributed by atoms with E-state index in [1.54, 1.807) is 0 Å². The number of hydrogen-bond donors (Lipinski definition) is 2. The van der Waals surface area contributed by atoms with E-state index in [1.165, 1.54) is 0 Å². The Kier molecular flexibility index (Phi) is 8.10. The lowest BCUT2D eigenvalue weighted by molar-refractivity contribution is 0.195. The van der Waals surface area contributed by atoms with E-state index in [0.29, 0.717) is 13.2 Å². The van der Waals surface area contributed by atoms with Crippen molar-refractivity contribution in [1.29, 1.82) is 0 Å². The highest BCUT2D eigenvalue weighted by Gasteiger charge is 1.95. The molecule has 0 saturated carbocycles. The number of ether oxygens (including phenoxy) is 1. The largest absolute Gasteiger partial charge is 0.373 e. The van der Waals surface area contributed by atoms with E-state index in [0.717, 1.165) is 33.9 Å². The standard InChI is InChI=1S/C30H28N2O/c1-3-11-27(12-4-1)31-29-19-15-25(16-20-29)9-7-23-33-24-8-10-26-17-21-30(22-18-26)32-28-13-5-2-6-14-28/h1-22,31-32H,23-24H2. The van der Waals surface area contributed by atoms with Crippen molar-refractivity contribution in [3.05, 3.63) is 132 Å². The summed E-state index contributed by atoms with van der Waals surface area (Å²) in [6, 6.07) is 37.0. The monoisotopic (exact) mass is 432 g/mol. The van der Waals surface area contributed by atoms with E-state index in [4.69, 9.17) is 4.74 Å². The Hall–Kier alpha value is -4.08. The molecular formula is C30H28N2O. The van der Waals surface area contributed by atoms with Gasteiger partial charge in [0, 0.05) is 22.7 Å². The second-order valence-electron chi connectivity index (χ2n) is 7.57. The van der Waals surface area contributed by atoms with Crippen LogP contribution in [0.3, 0.4) is 0 Å². The van der Waals surface area contributed by atoms with Gasteiger partial charge in [-0.2, -0.15) is 0 Å². The molecule has 0 aliphatic rings. The van der Waals surface area contributed by atoms with Gasteiger partial charge in [0.05, 0.1) is 13.2 Å². The first-order chi connectivity index (χ1) is 16.3. The van der Waals surface area contributed by atoms with Gasteiger partial charge in [-0.15, -0.1) is 0 Å². The highest BCUT2D eigenvalue weighted by Crippen LogP contribution is 2.18. The molecule has 4 rings (SSSR count). The number of para-hydroxylation sites is 2. The molecule has 4 aromatic rings. The summed E-state index contributed by atoms with van der Waals surface area (Å²) in [7, 11) is 0. The molecule has 164 valence electrons. The van der Waals surface area contributed by atoms with Gasteiger partial charge in [-0.25, -0.2) is 0 Å². The maximum atomic E-state index is 5.68. The Morgan fingerprint density at radius 1 is 0.455 bits per heavy atom. The summed E-state index contributed by atoms with van der Waals surface area (Å²) in [5.41, 5.74) is 6.62. The maximum absolute atomic E-state index is 5.68. The van der Waals surface area contributed by atoms with Crippen molar-refractivity contribution >= 4 is 34.9 Å². The van der Waals surface area contributed by atoms with Crippen molar-refractivity contribution in [2.45, 2.75) is 0 Å². The smallest absolute Gasteiger partial charge is 0.0655 e. The van der Waals surface area contributed by atoms with Crippen LogP contribution in [0, 0.1) is 0 Å². The molecule has 2 N–H and O–H groups in total. The predicted octanol–water partition coefficient (Wildman–Crippen LogP) is 7.92. The van der Waals surface area contributed by atoms with Crippen LogP contribution in [0.1, 0.15) is 11.1 Å². The second kappa shape index (κ2) is 12.1. The number of anilines is 4. The summed E-state index contributed by atoms with van der Waals surface area (Å²) < 4.78 is 5.68. The third-order valence-corrected chi connectivity index (χ3v) is 5.00. The van der Waals surface area contributed by atoms with Gasteiger partial charge in [0.2, 0.25) is 0 Å². The minimum atomic E-state index is 0.578. The van der Waals surface area contributed by atoms with Crippen molar-refractivity contribution in [2.75, 3.05) is 23.8 Å². The molecule has 0 saturated heterocycles. The molecule has 0 aliphatic heterocycles. The van der Waals surface area contributed by atoms with Gasteiger partial charge >= 0.3 is 0 Å². The topological polar surface area (TPSA) is 33.3 Å². The number of nitrogens with one attached hydrogen (secondary N) is 2. The quantitative estimate of drug-likeness (QED) is 0.250. The van der Waals surface area contributed by atoms with Crippen LogP contribution in [0.15, 0.2) is 121 Å². The second-order valence-corrected chi connectivity index (χ2v) is 7.57. The predicted molar refractivity (Wildman–Crippen MR) is 141 cm³/mol. The molecule has 0 fully saturated rings. The molecule has 0 bridgehead atoms. The lowest BCUT2D eigenvalue weighted by Gasteiger charge is -2.06. The van der Waals surface area contributed by atoms with E-state index in [-0.39, 0.29) is 0 Å². The van der Waals surface area contributed by atoms with Crippen molar-refractivity contribution in [1.82, 2.24) is 0 Å². The fourth-order valence-electron chi connectivity index (χ4n) is 3.30. The van der Waals surface area contributed by atoms with Crippen molar-refractivity contribution in [3.63, 3.8) is 0 Å². The summed E-state index contributed by atoms with van der Waals surface area (Å²) in [5.74, 6) is 0. The van der Waals surface area contributed by atoms with Gasteiger partial charge in [0.1, 0.15) is 0 Å². The Morgan fingerprint density at radius 2 is 0.818 bits per heavy atom. The molecule has 4 aromatic carbocycles. The van der Waals surface area contributed by atoms with E-state index < -0.39 is 0 Å². The van der Waals surface area contributed by atoms with Crippen LogP contribution >= 0.6 is 0 Å². The fraction of sp³-hybridized carbons (Fsp3) is 0.0667. The molecule has 0 atom stereocenters. The van der Waals surface area contributed by atoms with Crippen LogP contribution < -0.4 is 10.6 Å². The molecule has 0 aromatic heterocycles. The van der Waals surface area contributed by atoms with Gasteiger partial charge < -0.3 is 15.4 Å². The zero-order valence-electron chi connectivity index (χ0n) is 18.5. The molecule has 0 aliphatic carbocycles. The zero-order chi connectivity index (χ0) is 22.6. The number of benzene rings is 4. The fourth-order valence-corrected chi connectivity index (χ4v) is 3.30. The first-order valence-electron chi connectivity index (χ1n) is 11.1. The lowest BCUT2D eigenvalue weighted by atomic mass is 10.2. The van der Waals surface area contributed by atoms with E-state index in [1.807, 2.05) is 48.6 Å². The molecule has 33 heavy (non-hydrogen) atoms. The van der Waals surface area contributed by atoms with Gasteiger partial charge in [0.15, 0.2) is 0 Å². The van der Waals surface area contributed by atoms with Crippen LogP contribution in [0.5, 0.6) is 0 Å². The first kappa shape index (κ1) is 22.1. The molecular weight excluding hydrogens is 404 g/mol. The number of rotatable bonds is 10. The third kappa shape index (κ3) is 7.53. The van der Waals surface area contributed by atoms with E-state index in [9.17, 15) is 0 Å². The number of hydrogen-bond acceptors (Lipinski definition) is 3. The van der Waals surface area contributed by atoms with E-state index in [2.05, 4.69) is 95.6 Å². The molecule has 0 spiro atoms. The summed E-state index contributed by atoms with van der Waals surface area (Å²) in [6.07, 6.45) is 8.23. The highest BCUT2D eigenvalue weighted by atomic mass is 16.5. The summed E-state index contributed by atoms with van der Waals surface area (Å²) in [5, 5.41) is 6.78. The van der Waals surface area contributed by atoms with Crippen LogP contribution in [0.25, 0.3) is 12.2 Å². The van der Waals surface area contributed by atoms with Gasteiger partial charge in [-0.3, -0.25) is 0 Å². The van der Waals surface area contributed by atoms with Crippen LogP contribution in [-0.4, -0.2) is 13.2 Å². The van der Waals surface area contributed by atoms with Crippen LogP contribution in [-0.2, 0) is 4.74 Å². The molecule has 3 nitrogen and oxygen atoms in total. The van der Waals surface area contributed by atoms with Crippen LogP contribution in [0.4, 0.5) is 22.7 Å². The Balaban J connectivity index is 1.15. The van der Waals surface area contributed by atoms with E-state index >= 15 is 0 Å². The molecule has 0 heterocycles. The Bertz CT molecular complexity index is 1050. The normalized spacial score (nSPS) is 11.2. The maximum Gasteiger partial charge on any atom is 0.0655 e. The summed E-state index contributed by atoms with van der Waals surface area (Å²) in [4.78, 5) is 0. The van der Waals surface area contributed by atoms with Crippen molar-refractivity contribution in [2.24, 2.45) is 0 Å². The lowest BCUT2D eigenvalue weighted by Crippen LogP contribution is -1.91. The minimum absolute atomic E-state index is 0.578. The van der Waals surface area contributed by atoms with Gasteiger partial charge in [-0.05, 0) is 59.7 Å². The van der Waals surface area contributed by atoms with Crippen LogP contribution in [0.2, 0.25) is 0 Å². The molecule has 3 heteroatoms. The Morgan fingerprint density at radius 3 is 1.21 bits per heavy atom. The SMILES string of the molecule is C(=Cc1ccc(Nc2ccccc2)cc1)COCC=Cc1ccc(Nc2ccccc2)cc1. The van der Waals surface area contributed by atoms with Gasteiger partial charge in [0.25, 0.3) is 0 Å². The average molecular weight is 433 g/mol. The average Bonchev–Trinajstić information content (AvgIpc) is 2.87. The molecule has 0 unspecified atom stereocenters.